The van der Waals surface area contributed by atoms with Crippen LogP contribution in [0.15, 0.2) is 35.4 Å². The van der Waals surface area contributed by atoms with Crippen molar-refractivity contribution in [1.82, 2.24) is 14.9 Å². The Balaban J connectivity index is 0.00000199. The van der Waals surface area contributed by atoms with Crippen molar-refractivity contribution in [1.29, 1.82) is 0 Å². The van der Waals surface area contributed by atoms with Crippen molar-refractivity contribution >= 4 is 17.7 Å². The van der Waals surface area contributed by atoms with E-state index in [-0.39, 0.29) is 5.75 Å². The van der Waals surface area contributed by atoms with Crippen LogP contribution in [0.5, 0.6) is 11.6 Å². The molecule has 0 spiro atoms. The number of morpholine rings is 1. The zero-order chi connectivity index (χ0) is 24.6. The molecule has 0 aliphatic carbocycles. The number of nitrogens with one attached hydrogen (secondary N) is 1. The number of benzene rings is 1. The van der Waals surface area contributed by atoms with Gasteiger partial charge in [0.25, 0.3) is 0 Å². The van der Waals surface area contributed by atoms with E-state index in [2.05, 4.69) is 39.2 Å². The van der Waals surface area contributed by atoms with Crippen molar-refractivity contribution in [3.05, 3.63) is 36.2 Å². The number of rotatable bonds is 12. The third kappa shape index (κ3) is 9.52. The molecule has 0 saturated carbocycles. The predicted molar refractivity (Wildman–Crippen MR) is 138 cm³/mol. The molecule has 2 heterocycles. The molecule has 2 N–H and O–H groups in total. The first-order chi connectivity index (χ1) is 16.7. The maximum atomic E-state index is 9.40. The van der Waals surface area contributed by atoms with E-state index in [1.165, 1.54) is 0 Å². The van der Waals surface area contributed by atoms with Crippen LogP contribution in [0.4, 0.5) is 11.5 Å². The summed E-state index contributed by atoms with van der Waals surface area (Å²) in [7, 11) is 0. The first-order valence-electron chi connectivity index (χ1n) is 12.3. The Hall–Kier alpha value is -2.91. The summed E-state index contributed by atoms with van der Waals surface area (Å²) in [5.74, 6) is 2.08. The van der Waals surface area contributed by atoms with Gasteiger partial charge in [0.2, 0.25) is 5.88 Å². The van der Waals surface area contributed by atoms with E-state index >= 15 is 0 Å². The fraction of sp³-hybridized carbons (Fsp3) is 0.560. The van der Waals surface area contributed by atoms with Crippen LogP contribution in [0, 0.1) is 0 Å². The van der Waals surface area contributed by atoms with Crippen LogP contribution >= 0.6 is 0 Å². The molecule has 0 amide bonds. The summed E-state index contributed by atoms with van der Waals surface area (Å²) in [6, 6.07) is 8.60. The number of nitrogens with zero attached hydrogens (tertiary/aromatic N) is 5. The van der Waals surface area contributed by atoms with Gasteiger partial charge in [-0.3, -0.25) is 10.3 Å². The molecule has 34 heavy (non-hydrogen) atoms. The number of phenols is 1. The van der Waals surface area contributed by atoms with Crippen molar-refractivity contribution in [2.75, 3.05) is 62.9 Å². The number of anilines is 2. The molecule has 0 bridgehead atoms. The fourth-order valence-electron chi connectivity index (χ4n) is 3.41. The van der Waals surface area contributed by atoms with Crippen LogP contribution in [0.3, 0.4) is 0 Å². The van der Waals surface area contributed by atoms with Gasteiger partial charge in [0, 0.05) is 38.8 Å². The lowest BCUT2D eigenvalue weighted by Crippen LogP contribution is -2.38. The highest BCUT2D eigenvalue weighted by molar-refractivity contribution is 5.76. The number of aromatic nitrogens is 2. The highest BCUT2D eigenvalue weighted by atomic mass is 16.5. The van der Waals surface area contributed by atoms with Crippen LogP contribution in [0.1, 0.15) is 46.4 Å². The monoisotopic (exact) mass is 472 g/mol. The first kappa shape index (κ1) is 27.3. The normalized spacial score (nSPS) is 13.9. The van der Waals surface area contributed by atoms with E-state index in [1.54, 1.807) is 30.5 Å². The Morgan fingerprint density at radius 3 is 2.44 bits per heavy atom. The standard InChI is InChI=1S/C23H34N6O3.C2H6/c1-3-9-29(10-4-2)22-17-23(32-16-13-28-11-14-31-15-12-28)26-21(25-22)18-24-27-19-5-7-20(30)8-6-19;1-2/h5-8,17-18,27,30H,3-4,9-16H2,1-2H3;1-2H3/b24-18+;. The molecule has 0 radical (unpaired) electrons. The molecule has 188 valence electrons. The second kappa shape index (κ2) is 15.8. The van der Waals surface area contributed by atoms with Crippen LogP contribution < -0.4 is 15.1 Å². The van der Waals surface area contributed by atoms with Crippen molar-refractivity contribution in [2.24, 2.45) is 5.10 Å². The lowest BCUT2D eigenvalue weighted by Gasteiger charge is -2.26. The van der Waals surface area contributed by atoms with Gasteiger partial charge in [-0.25, -0.2) is 4.98 Å². The van der Waals surface area contributed by atoms with E-state index < -0.39 is 0 Å². The first-order valence-corrected chi connectivity index (χ1v) is 12.3. The number of hydrazone groups is 1. The smallest absolute Gasteiger partial charge is 0.219 e. The number of aromatic hydroxyl groups is 1. The number of phenolic OH excluding ortho intramolecular Hbond substituents is 1. The zero-order valence-corrected chi connectivity index (χ0v) is 21.0. The van der Waals surface area contributed by atoms with Crippen LogP contribution in [0.2, 0.25) is 0 Å². The Bertz CT molecular complexity index is 835. The molecular weight excluding hydrogens is 432 g/mol. The number of ether oxygens (including phenoxy) is 2. The second-order valence-corrected chi connectivity index (χ2v) is 7.63. The summed E-state index contributed by atoms with van der Waals surface area (Å²) in [4.78, 5) is 13.8. The quantitative estimate of drug-likeness (QED) is 0.272. The molecule has 9 heteroatoms. The molecule has 0 atom stereocenters. The van der Waals surface area contributed by atoms with Crippen molar-refractivity contribution in [3.63, 3.8) is 0 Å². The topological polar surface area (TPSA) is 95.3 Å². The SMILES string of the molecule is CC.CCCN(CCC)c1cc(OCCN2CCOCC2)nc(/C=N/Nc2ccc(O)cc2)n1. The predicted octanol–water partition coefficient (Wildman–Crippen LogP) is 3.99. The van der Waals surface area contributed by atoms with E-state index in [0.717, 1.165) is 70.3 Å². The Morgan fingerprint density at radius 2 is 1.79 bits per heavy atom. The Morgan fingerprint density at radius 1 is 1.12 bits per heavy atom. The average Bonchev–Trinajstić information content (AvgIpc) is 2.87. The summed E-state index contributed by atoms with van der Waals surface area (Å²) in [5.41, 5.74) is 3.69. The van der Waals surface area contributed by atoms with Gasteiger partial charge >= 0.3 is 0 Å². The number of hydrogen-bond acceptors (Lipinski definition) is 9. The minimum Gasteiger partial charge on any atom is -0.508 e. The van der Waals surface area contributed by atoms with Crippen molar-refractivity contribution in [3.8, 4) is 11.6 Å². The molecule has 1 aromatic heterocycles. The van der Waals surface area contributed by atoms with Gasteiger partial charge in [-0.2, -0.15) is 10.1 Å². The van der Waals surface area contributed by atoms with Crippen molar-refractivity contribution < 1.29 is 14.6 Å². The Labute approximate surface area is 203 Å². The molecule has 9 nitrogen and oxygen atoms in total. The molecule has 1 fully saturated rings. The second-order valence-electron chi connectivity index (χ2n) is 7.63. The summed E-state index contributed by atoms with van der Waals surface area (Å²) in [6.07, 6.45) is 3.65. The largest absolute Gasteiger partial charge is 0.508 e. The van der Waals surface area contributed by atoms with Gasteiger partial charge in [0.05, 0.1) is 25.1 Å². The third-order valence-corrected chi connectivity index (χ3v) is 5.02. The average molecular weight is 473 g/mol. The third-order valence-electron chi connectivity index (χ3n) is 5.02. The molecule has 1 aliphatic rings. The molecule has 0 unspecified atom stereocenters. The van der Waals surface area contributed by atoms with Gasteiger partial charge in [-0.05, 0) is 37.1 Å². The zero-order valence-electron chi connectivity index (χ0n) is 21.0. The summed E-state index contributed by atoms with van der Waals surface area (Å²) in [5, 5.41) is 13.7. The highest BCUT2D eigenvalue weighted by Crippen LogP contribution is 2.19. The van der Waals surface area contributed by atoms with E-state index in [9.17, 15) is 5.11 Å². The number of hydrogen-bond donors (Lipinski definition) is 2. The van der Waals surface area contributed by atoms with Crippen LogP contribution in [0.25, 0.3) is 0 Å². The molecular formula is C25H40N6O3. The molecule has 1 saturated heterocycles. The molecule has 1 aromatic carbocycles. The fourth-order valence-corrected chi connectivity index (χ4v) is 3.41. The lowest BCUT2D eigenvalue weighted by molar-refractivity contribution is 0.0320. The van der Waals surface area contributed by atoms with Gasteiger partial charge in [-0.1, -0.05) is 27.7 Å². The van der Waals surface area contributed by atoms with Gasteiger partial charge in [0.1, 0.15) is 18.2 Å². The van der Waals surface area contributed by atoms with Gasteiger partial charge in [0.15, 0.2) is 5.82 Å². The van der Waals surface area contributed by atoms with Crippen LogP contribution in [-0.4, -0.2) is 78.7 Å². The minimum absolute atomic E-state index is 0.210. The van der Waals surface area contributed by atoms with Crippen LogP contribution in [-0.2, 0) is 4.74 Å². The molecule has 3 rings (SSSR count). The highest BCUT2D eigenvalue weighted by Gasteiger charge is 2.13. The van der Waals surface area contributed by atoms with Gasteiger partial charge in [-0.15, -0.1) is 0 Å². The Kier molecular flexibility index (Phi) is 12.7. The minimum atomic E-state index is 0.210. The molecule has 1 aliphatic heterocycles. The summed E-state index contributed by atoms with van der Waals surface area (Å²) in [6.45, 7) is 15.0. The maximum absolute atomic E-state index is 9.40. The van der Waals surface area contributed by atoms with Gasteiger partial charge < -0.3 is 19.5 Å². The summed E-state index contributed by atoms with van der Waals surface area (Å²) < 4.78 is 11.4. The van der Waals surface area contributed by atoms with E-state index in [1.807, 2.05) is 19.9 Å². The van der Waals surface area contributed by atoms with E-state index in [4.69, 9.17) is 14.5 Å². The summed E-state index contributed by atoms with van der Waals surface area (Å²) >= 11 is 0. The van der Waals surface area contributed by atoms with E-state index in [0.29, 0.717) is 18.3 Å². The maximum Gasteiger partial charge on any atom is 0.219 e. The van der Waals surface area contributed by atoms with Crippen molar-refractivity contribution in [2.45, 2.75) is 40.5 Å². The molecule has 2 aromatic rings. The lowest BCUT2D eigenvalue weighted by atomic mass is 10.3.